The van der Waals surface area contributed by atoms with Crippen molar-refractivity contribution in [1.29, 1.82) is 0 Å². The average molecular weight is 522 g/mol. The first-order valence-electron chi connectivity index (χ1n) is 13.9. The lowest BCUT2D eigenvalue weighted by atomic mass is 9.44. The van der Waals surface area contributed by atoms with Crippen LogP contribution in [0.4, 0.5) is 5.69 Å². The summed E-state index contributed by atoms with van der Waals surface area (Å²) in [5.41, 5.74) is -0.470. The molecule has 0 amide bonds. The summed E-state index contributed by atoms with van der Waals surface area (Å²) in [6, 6.07) is 5.58. The van der Waals surface area contributed by atoms with Crippen molar-refractivity contribution in [3.05, 3.63) is 34.9 Å². The predicted octanol–water partition coefficient (Wildman–Crippen LogP) is 2.05. The van der Waals surface area contributed by atoms with E-state index in [1.807, 2.05) is 12.1 Å². The minimum atomic E-state index is -1.35. The number of hydrogen-bond donors (Lipinski definition) is 2. The Hall–Kier alpha value is -2.46. The number of esters is 2. The van der Waals surface area contributed by atoms with E-state index in [2.05, 4.69) is 26.1 Å². The molecule has 9 nitrogen and oxygen atoms in total. The molecule has 0 aromatic heterocycles. The Bertz CT molecular complexity index is 1400. The minimum absolute atomic E-state index is 0.0406. The third-order valence-corrected chi connectivity index (χ3v) is 11.6. The SMILES string of the molecule is CC(C)[C@]12O[C@H]1[C@@H]1O[C@]13[C@]1(O[C@H]1C[C@H]1C4=C(CC[C@@]13C)C(=O)OC4)[C@]2(O)CNc1ccc2c(c1)CC(=O)O2. The number of carbonyl (C=O) groups excluding carboxylic acids is 2. The van der Waals surface area contributed by atoms with Gasteiger partial charge in [0, 0.05) is 28.8 Å². The van der Waals surface area contributed by atoms with Gasteiger partial charge in [-0.1, -0.05) is 20.8 Å². The maximum absolute atomic E-state index is 13.0. The first-order valence-corrected chi connectivity index (χ1v) is 13.9. The van der Waals surface area contributed by atoms with Crippen LogP contribution in [0.1, 0.15) is 45.6 Å². The van der Waals surface area contributed by atoms with Gasteiger partial charge >= 0.3 is 11.9 Å². The van der Waals surface area contributed by atoms with Crippen molar-refractivity contribution < 1.29 is 38.4 Å². The third-order valence-electron chi connectivity index (χ3n) is 11.6. The predicted molar refractivity (Wildman–Crippen MR) is 130 cm³/mol. The van der Waals surface area contributed by atoms with Gasteiger partial charge < -0.3 is 34.1 Å². The smallest absolute Gasteiger partial charge is 0.334 e. The van der Waals surface area contributed by atoms with Crippen molar-refractivity contribution in [3.63, 3.8) is 0 Å². The van der Waals surface area contributed by atoms with E-state index in [9.17, 15) is 14.7 Å². The Morgan fingerprint density at radius 1 is 1.13 bits per heavy atom. The summed E-state index contributed by atoms with van der Waals surface area (Å²) < 4.78 is 30.7. The van der Waals surface area contributed by atoms with Gasteiger partial charge in [-0.25, -0.2) is 4.79 Å². The highest BCUT2D eigenvalue weighted by atomic mass is 16.7. The lowest BCUT2D eigenvalue weighted by Crippen LogP contribution is -2.77. The summed E-state index contributed by atoms with van der Waals surface area (Å²) >= 11 is 0. The molecule has 9 heteroatoms. The second-order valence-electron chi connectivity index (χ2n) is 13.1. The van der Waals surface area contributed by atoms with Crippen molar-refractivity contribution >= 4 is 17.6 Å². The number of ether oxygens (including phenoxy) is 5. The van der Waals surface area contributed by atoms with Crippen molar-refractivity contribution in [1.82, 2.24) is 0 Å². The Balaban J connectivity index is 1.13. The number of nitrogens with one attached hydrogen (secondary N) is 1. The number of fused-ring (bicyclic) bond motifs is 5. The summed E-state index contributed by atoms with van der Waals surface area (Å²) in [5, 5.41) is 16.4. The van der Waals surface area contributed by atoms with Gasteiger partial charge in [-0.3, -0.25) is 4.79 Å². The number of rotatable bonds is 4. The summed E-state index contributed by atoms with van der Waals surface area (Å²) in [6.07, 6.45) is 1.84. The van der Waals surface area contributed by atoms with E-state index < -0.39 is 22.4 Å². The van der Waals surface area contributed by atoms with Crippen LogP contribution in [0.15, 0.2) is 29.3 Å². The average Bonchev–Trinajstić information content (AvgIpc) is 3.79. The topological polar surface area (TPSA) is 122 Å². The molecule has 3 aliphatic carbocycles. The van der Waals surface area contributed by atoms with Crippen LogP contribution in [0.5, 0.6) is 5.75 Å². The first kappa shape index (κ1) is 22.4. The van der Waals surface area contributed by atoms with E-state index in [4.69, 9.17) is 23.7 Å². The molecule has 2 spiro atoms. The Labute approximate surface area is 219 Å². The van der Waals surface area contributed by atoms with Crippen LogP contribution in [-0.2, 0) is 35.0 Å². The quantitative estimate of drug-likeness (QED) is 0.348. The van der Waals surface area contributed by atoms with E-state index in [1.54, 1.807) is 6.07 Å². The van der Waals surface area contributed by atoms with Crippen molar-refractivity contribution in [3.8, 4) is 5.75 Å². The highest BCUT2D eigenvalue weighted by molar-refractivity contribution is 5.92. The monoisotopic (exact) mass is 521 g/mol. The lowest BCUT2D eigenvalue weighted by molar-refractivity contribution is -0.159. The van der Waals surface area contributed by atoms with Crippen molar-refractivity contribution in [2.45, 2.75) is 87.2 Å². The zero-order valence-electron chi connectivity index (χ0n) is 21.7. The molecule has 1 aromatic carbocycles. The van der Waals surface area contributed by atoms with E-state index >= 15 is 0 Å². The summed E-state index contributed by atoms with van der Waals surface area (Å²) in [4.78, 5) is 24.2. The maximum atomic E-state index is 13.0. The van der Waals surface area contributed by atoms with Gasteiger partial charge in [0.2, 0.25) is 0 Å². The second kappa shape index (κ2) is 6.30. The number of benzene rings is 1. The largest absolute Gasteiger partial charge is 0.458 e. The summed E-state index contributed by atoms with van der Waals surface area (Å²) in [7, 11) is 0. The van der Waals surface area contributed by atoms with E-state index in [0.717, 1.165) is 35.2 Å². The van der Waals surface area contributed by atoms with Gasteiger partial charge in [-0.15, -0.1) is 0 Å². The molecule has 38 heavy (non-hydrogen) atoms. The fraction of sp³-hybridized carbons (Fsp3) is 0.655. The van der Waals surface area contributed by atoms with Crippen LogP contribution in [0, 0.1) is 17.3 Å². The Kier molecular flexibility index (Phi) is 3.71. The number of anilines is 1. The number of aliphatic hydroxyl groups is 1. The molecule has 5 aliphatic heterocycles. The maximum Gasteiger partial charge on any atom is 0.334 e. The van der Waals surface area contributed by atoms with Crippen LogP contribution in [0.25, 0.3) is 0 Å². The lowest BCUT2D eigenvalue weighted by Gasteiger charge is -2.56. The van der Waals surface area contributed by atoms with Gasteiger partial charge in [-0.2, -0.15) is 0 Å². The molecule has 9 rings (SSSR count). The summed E-state index contributed by atoms with van der Waals surface area (Å²) in [5.74, 6) is 0.300. The van der Waals surface area contributed by atoms with Gasteiger partial charge in [-0.05, 0) is 54.9 Å². The van der Waals surface area contributed by atoms with E-state index in [-0.39, 0.29) is 60.5 Å². The molecule has 5 fully saturated rings. The molecule has 200 valence electrons. The van der Waals surface area contributed by atoms with Crippen molar-refractivity contribution in [2.24, 2.45) is 17.3 Å². The Morgan fingerprint density at radius 2 is 1.97 bits per heavy atom. The molecule has 2 N–H and O–H groups in total. The van der Waals surface area contributed by atoms with Crippen LogP contribution in [0.3, 0.4) is 0 Å². The second-order valence-corrected chi connectivity index (χ2v) is 13.1. The van der Waals surface area contributed by atoms with E-state index in [1.165, 1.54) is 0 Å². The standard InChI is InChI=1S/C29H31NO8/c1-13(2)27-22(37-27)23-29(38-23)25(3)7-6-16-17(11-34-24(16)32)18(25)10-20-28(29,36-20)26(27,33)12-30-15-4-5-19-14(8-15)9-21(31)35-19/h4-5,8,13,18,20,22-23,30,33H,6-7,9-12H2,1-3H3/t18-,20-,22-,23-,25-,26-,27-,28+,29+/m0/s1. The number of carbonyl (C=O) groups is 2. The molecular weight excluding hydrogens is 490 g/mol. The molecule has 0 radical (unpaired) electrons. The molecule has 5 heterocycles. The molecule has 0 bridgehead atoms. The zero-order chi connectivity index (χ0) is 26.0. The van der Waals surface area contributed by atoms with Crippen LogP contribution < -0.4 is 10.1 Å². The normalized spacial score (nSPS) is 50.0. The number of cyclic esters (lactones) is 1. The van der Waals surface area contributed by atoms with Crippen LogP contribution in [0.2, 0.25) is 0 Å². The van der Waals surface area contributed by atoms with Crippen molar-refractivity contribution in [2.75, 3.05) is 18.5 Å². The number of epoxide rings is 3. The van der Waals surface area contributed by atoms with Crippen LogP contribution in [-0.4, -0.2) is 70.9 Å². The van der Waals surface area contributed by atoms with E-state index in [0.29, 0.717) is 18.8 Å². The fourth-order valence-corrected chi connectivity index (χ4v) is 9.82. The fourth-order valence-electron chi connectivity index (χ4n) is 9.82. The van der Waals surface area contributed by atoms with Crippen LogP contribution >= 0.6 is 0 Å². The highest BCUT2D eigenvalue weighted by Gasteiger charge is 3.04. The third kappa shape index (κ3) is 2.08. The molecule has 0 unspecified atom stereocenters. The molecular formula is C29H31NO8. The van der Waals surface area contributed by atoms with Gasteiger partial charge in [0.1, 0.15) is 41.4 Å². The molecule has 3 saturated heterocycles. The minimum Gasteiger partial charge on any atom is -0.458 e. The number of hydrogen-bond acceptors (Lipinski definition) is 9. The van der Waals surface area contributed by atoms with Gasteiger partial charge in [0.25, 0.3) is 0 Å². The summed E-state index contributed by atoms with van der Waals surface area (Å²) in [6.45, 7) is 7.03. The molecule has 1 aromatic rings. The zero-order valence-corrected chi connectivity index (χ0v) is 21.7. The van der Waals surface area contributed by atoms with Gasteiger partial charge in [0.15, 0.2) is 5.60 Å². The first-order chi connectivity index (χ1) is 18.1. The molecule has 8 aliphatic rings. The van der Waals surface area contributed by atoms with Gasteiger partial charge in [0.05, 0.1) is 12.5 Å². The molecule has 9 atom stereocenters. The Morgan fingerprint density at radius 3 is 2.79 bits per heavy atom. The highest BCUT2D eigenvalue weighted by Crippen LogP contribution is 2.85. The molecule has 2 saturated carbocycles.